The minimum Gasteiger partial charge on any atom is -0.444 e. The summed E-state index contributed by atoms with van der Waals surface area (Å²) >= 11 is 0. The number of hydrogen-bond acceptors (Lipinski definition) is 6. The minimum absolute atomic E-state index is 0.191. The third-order valence-electron chi connectivity index (χ3n) is 6.78. The molecule has 2 aromatic rings. The molecule has 3 rings (SSSR count). The van der Waals surface area contributed by atoms with Gasteiger partial charge in [0.1, 0.15) is 22.9 Å². The Bertz CT molecular complexity index is 1210. The Balaban J connectivity index is 1.73. The van der Waals surface area contributed by atoms with E-state index in [0.29, 0.717) is 18.5 Å². The van der Waals surface area contributed by atoms with Gasteiger partial charge in [-0.05, 0) is 63.3 Å². The summed E-state index contributed by atoms with van der Waals surface area (Å²) < 4.78 is 5.40. The van der Waals surface area contributed by atoms with Crippen molar-refractivity contribution in [2.24, 2.45) is 5.73 Å². The molecule has 0 saturated heterocycles. The van der Waals surface area contributed by atoms with E-state index >= 15 is 0 Å². The van der Waals surface area contributed by atoms with Crippen molar-refractivity contribution < 1.29 is 23.9 Å². The van der Waals surface area contributed by atoms with Crippen LogP contribution in [0.5, 0.6) is 0 Å². The van der Waals surface area contributed by atoms with Crippen LogP contribution in [-0.4, -0.2) is 53.0 Å². The lowest BCUT2D eigenvalue weighted by Gasteiger charge is -2.37. The van der Waals surface area contributed by atoms with Gasteiger partial charge in [-0.2, -0.15) is 0 Å². The highest BCUT2D eigenvalue weighted by Crippen LogP contribution is 2.29. The molecule has 210 valence electrons. The lowest BCUT2D eigenvalue weighted by atomic mass is 9.80. The average Bonchev–Trinajstić information content (AvgIpc) is 2.87. The van der Waals surface area contributed by atoms with E-state index in [1.165, 1.54) is 0 Å². The van der Waals surface area contributed by atoms with Crippen molar-refractivity contribution in [1.29, 1.82) is 0 Å². The molecule has 1 fully saturated rings. The van der Waals surface area contributed by atoms with Gasteiger partial charge in [0.25, 0.3) is 5.91 Å². The molecular formula is C29H39N5O5. The number of carbonyl (C=O) groups is 4. The molecule has 1 heterocycles. The number of carbonyl (C=O) groups excluding carboxylic acids is 4. The molecule has 4 amide bonds. The van der Waals surface area contributed by atoms with Crippen LogP contribution >= 0.6 is 0 Å². The highest BCUT2D eigenvalue weighted by atomic mass is 16.6. The fourth-order valence-corrected chi connectivity index (χ4v) is 4.74. The van der Waals surface area contributed by atoms with Crippen LogP contribution in [0.3, 0.4) is 0 Å². The van der Waals surface area contributed by atoms with Gasteiger partial charge in [0.05, 0.1) is 0 Å². The predicted octanol–water partition coefficient (Wildman–Crippen LogP) is 3.16. The van der Waals surface area contributed by atoms with Crippen molar-refractivity contribution in [1.82, 2.24) is 20.9 Å². The van der Waals surface area contributed by atoms with Gasteiger partial charge in [-0.3, -0.25) is 19.4 Å². The second-order valence-corrected chi connectivity index (χ2v) is 11.1. The molecule has 1 aromatic heterocycles. The molecule has 0 bridgehead atoms. The third kappa shape index (κ3) is 7.78. The summed E-state index contributed by atoms with van der Waals surface area (Å²) in [5.74, 6) is -1.35. The van der Waals surface area contributed by atoms with E-state index in [4.69, 9.17) is 10.5 Å². The molecule has 0 spiro atoms. The number of ether oxygens (including phenoxy) is 1. The maximum absolute atomic E-state index is 13.5. The quantitative estimate of drug-likeness (QED) is 0.406. The molecule has 0 unspecified atom stereocenters. The Morgan fingerprint density at radius 3 is 2.23 bits per heavy atom. The summed E-state index contributed by atoms with van der Waals surface area (Å²) in [4.78, 5) is 54.6. The lowest BCUT2D eigenvalue weighted by Crippen LogP contribution is -2.63. The Morgan fingerprint density at radius 2 is 1.69 bits per heavy atom. The maximum Gasteiger partial charge on any atom is 0.408 e. The van der Waals surface area contributed by atoms with E-state index in [0.717, 1.165) is 41.5 Å². The average molecular weight is 538 g/mol. The largest absolute Gasteiger partial charge is 0.444 e. The molecule has 1 aliphatic carbocycles. The van der Waals surface area contributed by atoms with Crippen molar-refractivity contribution in [2.45, 2.75) is 83.4 Å². The van der Waals surface area contributed by atoms with Gasteiger partial charge in [0.2, 0.25) is 11.8 Å². The smallest absolute Gasteiger partial charge is 0.408 e. The summed E-state index contributed by atoms with van der Waals surface area (Å²) in [5.41, 5.74) is 7.46. The second kappa shape index (κ2) is 12.3. The van der Waals surface area contributed by atoms with Gasteiger partial charge in [-0.25, -0.2) is 4.79 Å². The van der Waals surface area contributed by atoms with Gasteiger partial charge in [0.15, 0.2) is 0 Å². The van der Waals surface area contributed by atoms with Crippen LogP contribution in [0, 0.1) is 6.92 Å². The molecule has 1 aliphatic rings. The number of aryl methyl sites for hydroxylation is 1. The first-order valence-corrected chi connectivity index (χ1v) is 13.2. The first-order valence-electron chi connectivity index (χ1n) is 13.2. The van der Waals surface area contributed by atoms with Crippen LogP contribution < -0.4 is 21.7 Å². The number of nitrogens with one attached hydrogen (secondary N) is 3. The Kier molecular flexibility index (Phi) is 9.32. The molecule has 1 atom stereocenters. The lowest BCUT2D eigenvalue weighted by molar-refractivity contribution is -0.133. The highest BCUT2D eigenvalue weighted by molar-refractivity contribution is 5.94. The molecule has 10 heteroatoms. The Labute approximate surface area is 229 Å². The van der Waals surface area contributed by atoms with Crippen LogP contribution in [-0.2, 0) is 20.7 Å². The minimum atomic E-state index is -1.16. The third-order valence-corrected chi connectivity index (χ3v) is 6.78. The van der Waals surface area contributed by atoms with E-state index in [2.05, 4.69) is 20.9 Å². The van der Waals surface area contributed by atoms with Gasteiger partial charge in [0, 0.05) is 25.2 Å². The molecule has 0 aliphatic heterocycles. The van der Waals surface area contributed by atoms with Crippen molar-refractivity contribution in [2.75, 3.05) is 7.05 Å². The molecule has 0 radical (unpaired) electrons. The van der Waals surface area contributed by atoms with Crippen molar-refractivity contribution in [3.05, 3.63) is 53.3 Å². The van der Waals surface area contributed by atoms with Crippen molar-refractivity contribution >= 4 is 23.8 Å². The molecule has 1 saturated carbocycles. The van der Waals surface area contributed by atoms with Crippen LogP contribution in [0.1, 0.15) is 74.5 Å². The standard InChI is InChI=1S/C29H39N5O5/c1-18-15-21(17-32-23(18)25(36)31-5)20-11-9-19(10-12-20)16-22(24(30)35)33-26(37)29(13-7-6-8-14-29)34-27(38)39-28(2,3)4/h9-12,15,17,22H,6-8,13-14,16H2,1-5H3,(H2,30,35)(H,31,36)(H,33,37)(H,34,38)/t22-/m0/s1. The first-order chi connectivity index (χ1) is 18.3. The zero-order valence-corrected chi connectivity index (χ0v) is 23.3. The van der Waals surface area contributed by atoms with Gasteiger partial charge in [-0.15, -0.1) is 0 Å². The Morgan fingerprint density at radius 1 is 1.05 bits per heavy atom. The number of nitrogens with zero attached hydrogens (tertiary/aromatic N) is 1. The number of aromatic nitrogens is 1. The summed E-state index contributed by atoms with van der Waals surface area (Å²) in [5, 5.41) is 8.15. The number of amides is 4. The zero-order valence-electron chi connectivity index (χ0n) is 23.3. The second-order valence-electron chi connectivity index (χ2n) is 11.1. The zero-order chi connectivity index (χ0) is 28.8. The number of benzene rings is 1. The molecule has 10 nitrogen and oxygen atoms in total. The SMILES string of the molecule is CNC(=O)c1ncc(-c2ccc(C[C@H](NC(=O)C3(NC(=O)OC(C)(C)C)CCCCC3)C(N)=O)cc2)cc1C. The van der Waals surface area contributed by atoms with Gasteiger partial charge >= 0.3 is 6.09 Å². The maximum atomic E-state index is 13.5. The van der Waals surface area contributed by atoms with Crippen molar-refractivity contribution in [3.63, 3.8) is 0 Å². The van der Waals surface area contributed by atoms with Gasteiger partial charge in [-0.1, -0.05) is 43.5 Å². The summed E-state index contributed by atoms with van der Waals surface area (Å²) in [6.07, 6.45) is 4.56. The monoisotopic (exact) mass is 537 g/mol. The molecule has 5 N–H and O–H groups in total. The topological polar surface area (TPSA) is 153 Å². The van der Waals surface area contributed by atoms with Crippen LogP contribution in [0.25, 0.3) is 11.1 Å². The number of primary amides is 1. The number of alkyl carbamates (subject to hydrolysis) is 1. The van der Waals surface area contributed by atoms with Crippen LogP contribution in [0.15, 0.2) is 36.5 Å². The fraction of sp³-hybridized carbons (Fsp3) is 0.483. The van der Waals surface area contributed by atoms with Crippen LogP contribution in [0.2, 0.25) is 0 Å². The van der Waals surface area contributed by atoms with E-state index in [9.17, 15) is 19.2 Å². The predicted molar refractivity (Wildman–Crippen MR) is 148 cm³/mol. The van der Waals surface area contributed by atoms with E-state index < -0.39 is 35.1 Å². The van der Waals surface area contributed by atoms with E-state index in [1.807, 2.05) is 37.3 Å². The molecule has 39 heavy (non-hydrogen) atoms. The fourth-order valence-electron chi connectivity index (χ4n) is 4.74. The number of pyridine rings is 1. The number of hydrogen-bond donors (Lipinski definition) is 4. The number of rotatable bonds is 8. The normalized spacial score (nSPS) is 15.5. The molecular weight excluding hydrogens is 498 g/mol. The molecule has 1 aromatic carbocycles. The summed E-state index contributed by atoms with van der Waals surface area (Å²) in [6.45, 7) is 7.09. The summed E-state index contributed by atoms with van der Waals surface area (Å²) in [6, 6.07) is 8.41. The van der Waals surface area contributed by atoms with Gasteiger partial charge < -0.3 is 26.4 Å². The van der Waals surface area contributed by atoms with E-state index in [-0.39, 0.29) is 12.3 Å². The number of nitrogens with two attached hydrogens (primary N) is 1. The van der Waals surface area contributed by atoms with Crippen molar-refractivity contribution in [3.8, 4) is 11.1 Å². The van der Waals surface area contributed by atoms with E-state index in [1.54, 1.807) is 34.0 Å². The Hall–Kier alpha value is -3.95. The van der Waals surface area contributed by atoms with Crippen LogP contribution in [0.4, 0.5) is 4.79 Å². The highest BCUT2D eigenvalue weighted by Gasteiger charge is 2.43. The first kappa shape index (κ1) is 29.6. The summed E-state index contributed by atoms with van der Waals surface area (Å²) in [7, 11) is 1.56.